The zero-order valence-corrected chi connectivity index (χ0v) is 8.74. The highest BCUT2D eigenvalue weighted by atomic mass is 32.2. The second kappa shape index (κ2) is 4.65. The Balaban J connectivity index is 2.61. The van der Waals surface area contributed by atoms with E-state index in [1.165, 1.54) is 6.07 Å². The lowest BCUT2D eigenvalue weighted by Crippen LogP contribution is -2.12. The summed E-state index contributed by atoms with van der Waals surface area (Å²) >= 11 is 0. The molecule has 5 nitrogen and oxygen atoms in total. The fraction of sp³-hybridized carbons (Fsp3) is 0.375. The van der Waals surface area contributed by atoms with Crippen LogP contribution in [0.15, 0.2) is 18.3 Å². The molecular weight excluding hydrogens is 225 g/mol. The van der Waals surface area contributed by atoms with Crippen LogP contribution in [0.2, 0.25) is 0 Å². The third kappa shape index (κ3) is 4.32. The van der Waals surface area contributed by atoms with Crippen molar-refractivity contribution in [3.05, 3.63) is 29.8 Å². The van der Waals surface area contributed by atoms with Gasteiger partial charge < -0.3 is 5.11 Å². The smallest absolute Gasteiger partial charge is 0.264 e. The second-order valence-corrected chi connectivity index (χ2v) is 4.55. The molecule has 0 amide bonds. The standard InChI is InChI=1S/C8H10FNO4S/c1-15(12,13)14-5-8(11)7-3-2-6(9)4-10-7/h2-4,8,11H,5H2,1H3/t8-/m1/s1. The van der Waals surface area contributed by atoms with Crippen molar-refractivity contribution in [2.45, 2.75) is 6.10 Å². The van der Waals surface area contributed by atoms with Gasteiger partial charge in [0, 0.05) is 0 Å². The molecular formula is C8H10FNO4S. The summed E-state index contributed by atoms with van der Waals surface area (Å²) in [7, 11) is -3.60. The van der Waals surface area contributed by atoms with Crippen LogP contribution in [0.25, 0.3) is 0 Å². The molecule has 0 spiro atoms. The molecule has 0 saturated heterocycles. The summed E-state index contributed by atoms with van der Waals surface area (Å²) in [5.41, 5.74) is 0.153. The highest BCUT2D eigenvalue weighted by Gasteiger charge is 2.12. The van der Waals surface area contributed by atoms with Gasteiger partial charge in [0.1, 0.15) is 11.9 Å². The molecule has 84 valence electrons. The zero-order chi connectivity index (χ0) is 11.5. The first kappa shape index (κ1) is 12.0. The van der Waals surface area contributed by atoms with Crippen molar-refractivity contribution in [2.75, 3.05) is 12.9 Å². The van der Waals surface area contributed by atoms with Crippen molar-refractivity contribution in [2.24, 2.45) is 0 Å². The minimum Gasteiger partial charge on any atom is -0.384 e. The Morgan fingerprint density at radius 3 is 2.73 bits per heavy atom. The largest absolute Gasteiger partial charge is 0.384 e. The number of aliphatic hydroxyl groups excluding tert-OH is 1. The lowest BCUT2D eigenvalue weighted by Gasteiger charge is -2.08. The van der Waals surface area contributed by atoms with Crippen molar-refractivity contribution >= 4 is 10.1 Å². The van der Waals surface area contributed by atoms with E-state index in [9.17, 15) is 17.9 Å². The molecule has 1 atom stereocenters. The maximum Gasteiger partial charge on any atom is 0.264 e. The molecule has 7 heteroatoms. The molecule has 0 aliphatic carbocycles. The van der Waals surface area contributed by atoms with E-state index >= 15 is 0 Å². The van der Waals surface area contributed by atoms with Gasteiger partial charge in [0.15, 0.2) is 0 Å². The number of aliphatic hydroxyl groups is 1. The number of halogens is 1. The minimum absolute atomic E-state index is 0.153. The molecule has 1 N–H and O–H groups in total. The molecule has 1 aromatic rings. The van der Waals surface area contributed by atoms with E-state index < -0.39 is 28.6 Å². The number of nitrogens with zero attached hydrogens (tertiary/aromatic N) is 1. The molecule has 0 fully saturated rings. The summed E-state index contributed by atoms with van der Waals surface area (Å²) < 4.78 is 38.0. The van der Waals surface area contributed by atoms with Crippen LogP contribution >= 0.6 is 0 Å². The second-order valence-electron chi connectivity index (χ2n) is 2.91. The normalized spacial score (nSPS) is 13.8. The monoisotopic (exact) mass is 235 g/mol. The average Bonchev–Trinajstić information content (AvgIpc) is 2.14. The number of pyridine rings is 1. The fourth-order valence-electron chi connectivity index (χ4n) is 0.858. The highest BCUT2D eigenvalue weighted by Crippen LogP contribution is 2.11. The lowest BCUT2D eigenvalue weighted by molar-refractivity contribution is 0.108. The number of rotatable bonds is 4. The average molecular weight is 235 g/mol. The van der Waals surface area contributed by atoms with Crippen LogP contribution in [0.1, 0.15) is 11.8 Å². The molecule has 1 aromatic heterocycles. The Morgan fingerprint density at radius 2 is 2.27 bits per heavy atom. The van der Waals surface area contributed by atoms with Gasteiger partial charge in [0.25, 0.3) is 10.1 Å². The van der Waals surface area contributed by atoms with E-state index in [-0.39, 0.29) is 5.69 Å². The third-order valence-corrected chi connectivity index (χ3v) is 2.10. The van der Waals surface area contributed by atoms with Gasteiger partial charge in [-0.15, -0.1) is 0 Å². The molecule has 0 saturated carbocycles. The first-order valence-electron chi connectivity index (χ1n) is 4.02. The first-order chi connectivity index (χ1) is 6.88. The van der Waals surface area contributed by atoms with Gasteiger partial charge >= 0.3 is 0 Å². The van der Waals surface area contributed by atoms with Crippen LogP contribution in [0.5, 0.6) is 0 Å². The molecule has 0 radical (unpaired) electrons. The van der Waals surface area contributed by atoms with Crippen LogP contribution in [-0.2, 0) is 14.3 Å². The predicted octanol–water partition coefficient (Wildman–Crippen LogP) is 0.230. The summed E-state index contributed by atoms with van der Waals surface area (Å²) in [4.78, 5) is 3.58. The molecule has 15 heavy (non-hydrogen) atoms. The third-order valence-electron chi connectivity index (χ3n) is 1.53. The highest BCUT2D eigenvalue weighted by molar-refractivity contribution is 7.85. The van der Waals surface area contributed by atoms with Crippen LogP contribution in [0.4, 0.5) is 4.39 Å². The van der Waals surface area contributed by atoms with Crippen molar-refractivity contribution in [1.29, 1.82) is 0 Å². The summed E-state index contributed by atoms with van der Waals surface area (Å²) in [5, 5.41) is 9.40. The quantitative estimate of drug-likeness (QED) is 0.756. The van der Waals surface area contributed by atoms with E-state index in [1.807, 2.05) is 0 Å². The van der Waals surface area contributed by atoms with E-state index in [1.54, 1.807) is 0 Å². The summed E-state index contributed by atoms with van der Waals surface area (Å²) in [6.07, 6.45) is 0.608. The van der Waals surface area contributed by atoms with Crippen molar-refractivity contribution in [1.82, 2.24) is 4.98 Å². The Kier molecular flexibility index (Phi) is 3.72. The number of hydrogen-bond acceptors (Lipinski definition) is 5. The van der Waals surface area contributed by atoms with Gasteiger partial charge in [-0.3, -0.25) is 9.17 Å². The molecule has 0 unspecified atom stereocenters. The molecule has 0 aliphatic rings. The van der Waals surface area contributed by atoms with Crippen LogP contribution in [-0.4, -0.2) is 31.4 Å². The first-order valence-corrected chi connectivity index (χ1v) is 5.84. The van der Waals surface area contributed by atoms with Crippen LogP contribution < -0.4 is 0 Å². The van der Waals surface area contributed by atoms with Gasteiger partial charge in [-0.2, -0.15) is 8.42 Å². The maximum absolute atomic E-state index is 12.5. The van der Waals surface area contributed by atoms with Gasteiger partial charge in [-0.25, -0.2) is 4.39 Å². The van der Waals surface area contributed by atoms with Gasteiger partial charge in [-0.05, 0) is 12.1 Å². The van der Waals surface area contributed by atoms with Crippen LogP contribution in [0.3, 0.4) is 0 Å². The van der Waals surface area contributed by atoms with E-state index in [2.05, 4.69) is 9.17 Å². The Bertz CT molecular complexity index is 417. The van der Waals surface area contributed by atoms with E-state index in [4.69, 9.17) is 0 Å². The summed E-state index contributed by atoms with van der Waals surface area (Å²) in [6, 6.07) is 2.37. The van der Waals surface area contributed by atoms with Crippen molar-refractivity contribution in [3.8, 4) is 0 Å². The topological polar surface area (TPSA) is 76.5 Å². The summed E-state index contributed by atoms with van der Waals surface area (Å²) in [5.74, 6) is -0.532. The molecule has 0 bridgehead atoms. The number of aromatic nitrogens is 1. The number of hydrogen-bond donors (Lipinski definition) is 1. The Morgan fingerprint density at radius 1 is 1.60 bits per heavy atom. The van der Waals surface area contributed by atoms with E-state index in [0.29, 0.717) is 0 Å². The zero-order valence-electron chi connectivity index (χ0n) is 7.92. The Hall–Kier alpha value is -1.05. The Labute approximate surface area is 86.7 Å². The van der Waals surface area contributed by atoms with E-state index in [0.717, 1.165) is 18.5 Å². The van der Waals surface area contributed by atoms with Gasteiger partial charge in [0.2, 0.25) is 0 Å². The van der Waals surface area contributed by atoms with Crippen molar-refractivity contribution in [3.63, 3.8) is 0 Å². The predicted molar refractivity (Wildman–Crippen MR) is 50.0 cm³/mol. The summed E-state index contributed by atoms with van der Waals surface area (Å²) in [6.45, 7) is -0.433. The van der Waals surface area contributed by atoms with Crippen LogP contribution in [0, 0.1) is 5.82 Å². The van der Waals surface area contributed by atoms with Gasteiger partial charge in [-0.1, -0.05) is 0 Å². The lowest BCUT2D eigenvalue weighted by atomic mass is 10.2. The molecule has 0 aromatic carbocycles. The maximum atomic E-state index is 12.5. The fourth-order valence-corrected chi connectivity index (χ4v) is 1.23. The molecule has 0 aliphatic heterocycles. The van der Waals surface area contributed by atoms with Crippen molar-refractivity contribution < 1.29 is 22.1 Å². The van der Waals surface area contributed by atoms with Gasteiger partial charge in [0.05, 0.1) is 24.8 Å². The molecule has 1 heterocycles. The minimum atomic E-state index is -3.60. The SMILES string of the molecule is CS(=O)(=O)OC[C@@H](O)c1ccc(F)cn1. The molecule has 1 rings (SSSR count).